The molecule has 2 N–H and O–H groups in total. The first kappa shape index (κ1) is 15.2. The number of hydrogen-bond donors (Lipinski definition) is 1. The Balaban J connectivity index is 2.90. The van der Waals surface area contributed by atoms with Crippen LogP contribution in [0.25, 0.3) is 0 Å². The average molecular weight is 326 g/mol. The van der Waals surface area contributed by atoms with E-state index in [1.165, 1.54) is 0 Å². The lowest BCUT2D eigenvalue weighted by Gasteiger charge is -2.11. The van der Waals surface area contributed by atoms with Gasteiger partial charge in [-0.05, 0) is 28.3 Å². The molecular weight excluding hydrogens is 311 g/mol. The van der Waals surface area contributed by atoms with Gasteiger partial charge in [-0.15, -0.1) is 0 Å². The molecule has 0 unspecified atom stereocenters. The number of halogens is 4. The Morgan fingerprint density at radius 3 is 2.39 bits per heavy atom. The zero-order valence-corrected chi connectivity index (χ0v) is 11.8. The van der Waals surface area contributed by atoms with Crippen LogP contribution in [0.2, 0.25) is 0 Å². The highest BCUT2D eigenvalue weighted by molar-refractivity contribution is 9.10. The summed E-state index contributed by atoms with van der Waals surface area (Å²) in [7, 11) is 0. The normalized spacial score (nSPS) is 12.2. The van der Waals surface area contributed by atoms with Gasteiger partial charge in [0, 0.05) is 6.42 Å². The minimum absolute atomic E-state index is 0.142. The van der Waals surface area contributed by atoms with Crippen molar-refractivity contribution in [2.24, 2.45) is 5.92 Å². The molecule has 0 spiro atoms. The third-order valence-corrected chi connectivity index (χ3v) is 3.09. The fraction of sp³-hybridized carbons (Fsp3) is 0.636. The lowest BCUT2D eigenvalue weighted by molar-refractivity contribution is -0.134. The van der Waals surface area contributed by atoms with Gasteiger partial charge in [0.25, 0.3) is 0 Å². The van der Waals surface area contributed by atoms with Crippen LogP contribution < -0.4 is 5.73 Å². The number of nitrogens with zero attached hydrogens (tertiary/aromatic N) is 2. The van der Waals surface area contributed by atoms with Crippen molar-refractivity contribution < 1.29 is 13.2 Å². The molecule has 1 heterocycles. The molecule has 0 bridgehead atoms. The highest BCUT2D eigenvalue weighted by Gasteiger charge is 2.27. The van der Waals surface area contributed by atoms with Gasteiger partial charge < -0.3 is 5.73 Å². The molecule has 7 heteroatoms. The van der Waals surface area contributed by atoms with Gasteiger partial charge >= 0.3 is 6.18 Å². The van der Waals surface area contributed by atoms with Crippen molar-refractivity contribution in [2.45, 2.75) is 39.3 Å². The maximum atomic E-state index is 12.1. The number of aromatic nitrogens is 2. The second-order valence-electron chi connectivity index (χ2n) is 4.50. The molecule has 0 fully saturated rings. The van der Waals surface area contributed by atoms with Crippen molar-refractivity contribution in [3.63, 3.8) is 0 Å². The van der Waals surface area contributed by atoms with E-state index in [0.717, 1.165) is 0 Å². The maximum absolute atomic E-state index is 12.1. The Bertz CT molecular complexity index is 419. The Hall–Kier alpha value is -0.850. The Kier molecular flexibility index (Phi) is 4.95. The maximum Gasteiger partial charge on any atom is 0.389 e. The second kappa shape index (κ2) is 5.86. The lowest BCUT2D eigenvalue weighted by Crippen LogP contribution is -2.13. The molecule has 1 aromatic rings. The van der Waals surface area contributed by atoms with Crippen LogP contribution in [-0.2, 0) is 12.8 Å². The number of anilines is 1. The summed E-state index contributed by atoms with van der Waals surface area (Å²) in [4.78, 5) is 8.00. The number of nitrogen functional groups attached to an aromatic ring is 1. The van der Waals surface area contributed by atoms with Gasteiger partial charge in [-0.2, -0.15) is 13.2 Å². The molecule has 0 amide bonds. The number of aryl methyl sites for hydroxylation is 1. The molecule has 0 aliphatic carbocycles. The summed E-state index contributed by atoms with van der Waals surface area (Å²) in [6.07, 6.45) is -4.74. The molecule has 1 aromatic heterocycles. The number of alkyl halides is 3. The van der Waals surface area contributed by atoms with Crippen LogP contribution in [0.1, 0.15) is 31.8 Å². The molecule has 0 aromatic carbocycles. The molecule has 0 saturated heterocycles. The predicted octanol–water partition coefficient (Wildman–Crippen LogP) is 3.51. The minimum atomic E-state index is -4.20. The summed E-state index contributed by atoms with van der Waals surface area (Å²) in [6.45, 7) is 4.00. The summed E-state index contributed by atoms with van der Waals surface area (Å²) >= 11 is 3.26. The van der Waals surface area contributed by atoms with E-state index in [2.05, 4.69) is 25.9 Å². The standard InChI is InChI=1S/C11H15BrF3N3/c1-6(2)5-7-9(12)10(16)18-8(17-7)3-4-11(13,14)15/h6H,3-5H2,1-2H3,(H2,16,17,18). The summed E-state index contributed by atoms with van der Waals surface area (Å²) in [6, 6.07) is 0. The van der Waals surface area contributed by atoms with E-state index >= 15 is 0 Å². The van der Waals surface area contributed by atoms with E-state index in [1.807, 2.05) is 13.8 Å². The molecule has 0 aliphatic rings. The smallest absolute Gasteiger partial charge is 0.383 e. The van der Waals surface area contributed by atoms with Gasteiger partial charge in [0.15, 0.2) is 0 Å². The fourth-order valence-electron chi connectivity index (χ4n) is 1.45. The van der Waals surface area contributed by atoms with E-state index in [9.17, 15) is 13.2 Å². The summed E-state index contributed by atoms with van der Waals surface area (Å²) < 4.78 is 37.0. The van der Waals surface area contributed by atoms with Crippen molar-refractivity contribution in [3.8, 4) is 0 Å². The molecule has 0 aliphatic heterocycles. The van der Waals surface area contributed by atoms with Crippen LogP contribution in [0.3, 0.4) is 0 Å². The van der Waals surface area contributed by atoms with Gasteiger partial charge in [-0.25, -0.2) is 9.97 Å². The highest BCUT2D eigenvalue weighted by Crippen LogP contribution is 2.25. The number of hydrogen-bond acceptors (Lipinski definition) is 3. The summed E-state index contributed by atoms with van der Waals surface area (Å²) in [5.41, 5.74) is 6.32. The van der Waals surface area contributed by atoms with E-state index in [0.29, 0.717) is 22.5 Å². The van der Waals surface area contributed by atoms with Crippen molar-refractivity contribution in [3.05, 3.63) is 16.0 Å². The first-order valence-electron chi connectivity index (χ1n) is 5.56. The zero-order valence-electron chi connectivity index (χ0n) is 10.2. The Labute approximate surface area is 112 Å². The van der Waals surface area contributed by atoms with Gasteiger partial charge in [0.2, 0.25) is 0 Å². The van der Waals surface area contributed by atoms with Crippen LogP contribution in [0.5, 0.6) is 0 Å². The Morgan fingerprint density at radius 2 is 1.89 bits per heavy atom. The number of rotatable bonds is 4. The van der Waals surface area contributed by atoms with Gasteiger partial charge in [-0.1, -0.05) is 13.8 Å². The largest absolute Gasteiger partial charge is 0.389 e. The lowest BCUT2D eigenvalue weighted by atomic mass is 10.1. The molecule has 0 atom stereocenters. The molecule has 0 radical (unpaired) electrons. The van der Waals surface area contributed by atoms with Crippen LogP contribution in [0.15, 0.2) is 4.47 Å². The Morgan fingerprint density at radius 1 is 1.28 bits per heavy atom. The molecule has 18 heavy (non-hydrogen) atoms. The van der Waals surface area contributed by atoms with Crippen molar-refractivity contribution >= 4 is 21.7 Å². The monoisotopic (exact) mass is 325 g/mol. The fourth-order valence-corrected chi connectivity index (χ4v) is 1.79. The quantitative estimate of drug-likeness (QED) is 0.921. The zero-order chi connectivity index (χ0) is 13.9. The van der Waals surface area contributed by atoms with Crippen LogP contribution >= 0.6 is 15.9 Å². The van der Waals surface area contributed by atoms with Crippen LogP contribution in [-0.4, -0.2) is 16.1 Å². The van der Waals surface area contributed by atoms with Crippen molar-refractivity contribution in [1.29, 1.82) is 0 Å². The highest BCUT2D eigenvalue weighted by atomic mass is 79.9. The first-order chi connectivity index (χ1) is 8.19. The van der Waals surface area contributed by atoms with Gasteiger partial charge in [0.05, 0.1) is 16.6 Å². The van der Waals surface area contributed by atoms with E-state index in [4.69, 9.17) is 5.73 Å². The third-order valence-electron chi connectivity index (χ3n) is 2.23. The summed E-state index contributed by atoms with van der Waals surface area (Å²) in [5, 5.41) is 0. The second-order valence-corrected chi connectivity index (χ2v) is 5.29. The SMILES string of the molecule is CC(C)Cc1nc(CCC(F)(F)F)nc(N)c1Br. The average Bonchev–Trinajstić information content (AvgIpc) is 2.20. The van der Waals surface area contributed by atoms with Gasteiger partial charge in [-0.3, -0.25) is 0 Å². The molecular formula is C11H15BrF3N3. The minimum Gasteiger partial charge on any atom is -0.383 e. The van der Waals surface area contributed by atoms with E-state index in [1.54, 1.807) is 0 Å². The predicted molar refractivity (Wildman–Crippen MR) is 67.1 cm³/mol. The van der Waals surface area contributed by atoms with Crippen molar-refractivity contribution in [1.82, 2.24) is 9.97 Å². The molecule has 3 nitrogen and oxygen atoms in total. The number of nitrogens with two attached hydrogens (primary N) is 1. The van der Waals surface area contributed by atoms with Crippen LogP contribution in [0, 0.1) is 5.92 Å². The molecule has 102 valence electrons. The van der Waals surface area contributed by atoms with E-state index in [-0.39, 0.29) is 18.1 Å². The van der Waals surface area contributed by atoms with Crippen LogP contribution in [0.4, 0.5) is 19.0 Å². The molecule has 0 saturated carbocycles. The topological polar surface area (TPSA) is 51.8 Å². The summed E-state index contributed by atoms with van der Waals surface area (Å²) in [5.74, 6) is 0.674. The molecule has 1 rings (SSSR count). The van der Waals surface area contributed by atoms with Crippen molar-refractivity contribution in [2.75, 3.05) is 5.73 Å². The van der Waals surface area contributed by atoms with E-state index < -0.39 is 12.6 Å². The third kappa shape index (κ3) is 4.80. The van der Waals surface area contributed by atoms with Gasteiger partial charge in [0.1, 0.15) is 11.6 Å². The first-order valence-corrected chi connectivity index (χ1v) is 6.36.